The molecule has 0 aliphatic carbocycles. The van der Waals surface area contributed by atoms with Gasteiger partial charge in [0.15, 0.2) is 17.5 Å². The predicted molar refractivity (Wildman–Crippen MR) is 399 cm³/mol. The van der Waals surface area contributed by atoms with Crippen LogP contribution in [0.25, 0.3) is 156 Å². The van der Waals surface area contributed by atoms with Gasteiger partial charge in [-0.3, -0.25) is 0 Å². The lowest BCUT2D eigenvalue weighted by Crippen LogP contribution is -2.59. The lowest BCUT2D eigenvalue weighted by molar-refractivity contribution is 0.591. The zero-order valence-electron chi connectivity index (χ0n) is 54.0. The molecule has 450 valence electrons. The minimum absolute atomic E-state index is 0.0976. The number of hydrogen-bond donors (Lipinski definition) is 0. The maximum atomic E-state index is 5.82. The van der Waals surface area contributed by atoms with E-state index in [-0.39, 0.29) is 17.5 Å². The van der Waals surface area contributed by atoms with Crippen molar-refractivity contribution in [1.82, 2.24) is 24.1 Å². The van der Waals surface area contributed by atoms with Crippen molar-refractivity contribution in [3.8, 4) is 112 Å². The molecule has 18 rings (SSSR count). The van der Waals surface area contributed by atoms with Crippen molar-refractivity contribution in [2.45, 2.75) is 52.4 Å². The van der Waals surface area contributed by atoms with Gasteiger partial charge in [-0.15, -0.1) is 0 Å². The molecule has 0 amide bonds. The molecule has 0 spiro atoms. The van der Waals surface area contributed by atoms with Crippen LogP contribution in [0.5, 0.6) is 0 Å². The fourth-order valence-electron chi connectivity index (χ4n) is 15.3. The van der Waals surface area contributed by atoms with Gasteiger partial charge in [0.1, 0.15) is 0 Å². The first kappa shape index (κ1) is 56.3. The zero-order chi connectivity index (χ0) is 63.8. The van der Waals surface area contributed by atoms with Crippen LogP contribution in [0.2, 0.25) is 0 Å². The number of benzene rings is 13. The Morgan fingerprint density at radius 2 is 0.568 bits per heavy atom. The third-order valence-electron chi connectivity index (χ3n) is 20.0. The van der Waals surface area contributed by atoms with Gasteiger partial charge in [-0.05, 0) is 178 Å². The van der Waals surface area contributed by atoms with Gasteiger partial charge in [-0.2, -0.15) is 0 Å². The number of hydrogen-bond acceptors (Lipinski definition) is 3. The quantitative estimate of drug-likeness (QED) is 0.135. The van der Waals surface area contributed by atoms with Crippen molar-refractivity contribution in [3.05, 3.63) is 302 Å². The molecule has 0 unspecified atom stereocenters. The first-order valence-electron chi connectivity index (χ1n) is 33.2. The summed E-state index contributed by atoms with van der Waals surface area (Å²) >= 11 is 0. The minimum Gasteiger partial charge on any atom is -0.310 e. The van der Waals surface area contributed by atoms with Gasteiger partial charge < -0.3 is 9.13 Å². The Morgan fingerprint density at radius 3 is 0.884 bits per heavy atom. The normalized spacial score (nSPS) is 12.5. The van der Waals surface area contributed by atoms with Crippen LogP contribution in [0.4, 0.5) is 0 Å². The molecule has 13 aromatic carbocycles. The second-order valence-corrected chi connectivity index (χ2v) is 27.9. The Balaban J connectivity index is 0.991. The zero-order valence-corrected chi connectivity index (χ0v) is 54.0. The van der Waals surface area contributed by atoms with Crippen LogP contribution in [0.3, 0.4) is 0 Å². The van der Waals surface area contributed by atoms with Crippen molar-refractivity contribution in [2.24, 2.45) is 0 Å². The minimum atomic E-state index is -0.134. The third kappa shape index (κ3) is 9.25. The molecule has 0 bridgehead atoms. The number of aromatic nitrogens is 5. The average molecular weight is 1220 g/mol. The van der Waals surface area contributed by atoms with Crippen LogP contribution in [-0.2, 0) is 10.8 Å². The molecule has 0 atom stereocenters. The molecule has 2 aliphatic heterocycles. The van der Waals surface area contributed by atoms with Gasteiger partial charge in [0.2, 0.25) is 0 Å². The maximum absolute atomic E-state index is 5.82. The van der Waals surface area contributed by atoms with Gasteiger partial charge in [-0.1, -0.05) is 260 Å². The van der Waals surface area contributed by atoms with Crippen LogP contribution >= 0.6 is 0 Å². The van der Waals surface area contributed by atoms with Crippen LogP contribution in [0, 0.1) is 0 Å². The Morgan fingerprint density at radius 1 is 0.274 bits per heavy atom. The highest BCUT2D eigenvalue weighted by Crippen LogP contribution is 2.47. The molecule has 0 saturated carbocycles. The largest absolute Gasteiger partial charge is 0.310 e. The molecule has 0 fully saturated rings. The molecule has 0 saturated heterocycles. The average Bonchev–Trinajstić information content (AvgIpc) is 1.56. The summed E-state index contributed by atoms with van der Waals surface area (Å²) in [5, 5.41) is 4.99. The summed E-state index contributed by atoms with van der Waals surface area (Å²) in [6.07, 6.45) is 0. The summed E-state index contributed by atoms with van der Waals surface area (Å²) < 4.78 is 5.21. The van der Waals surface area contributed by atoms with E-state index in [0.29, 0.717) is 17.5 Å². The summed E-state index contributed by atoms with van der Waals surface area (Å²) in [5.74, 6) is 1.74. The Kier molecular flexibility index (Phi) is 12.8. The monoisotopic (exact) mass is 1220 g/mol. The van der Waals surface area contributed by atoms with E-state index in [2.05, 4.69) is 342 Å². The molecule has 5 nitrogen and oxygen atoms in total. The number of nitrogens with zero attached hydrogens (tertiary/aromatic N) is 5. The molecule has 3 aromatic heterocycles. The first-order chi connectivity index (χ1) is 46.4. The summed E-state index contributed by atoms with van der Waals surface area (Å²) in [7, 11) is 0. The molecule has 95 heavy (non-hydrogen) atoms. The maximum Gasteiger partial charge on any atom is 0.252 e. The molecular weight excluding hydrogens is 1150 g/mol. The van der Waals surface area contributed by atoms with E-state index in [0.717, 1.165) is 83.6 Å². The Hall–Kier alpha value is -11.5. The molecule has 0 N–H and O–H groups in total. The molecule has 5 heterocycles. The van der Waals surface area contributed by atoms with E-state index in [1.807, 2.05) is 0 Å². The van der Waals surface area contributed by atoms with Gasteiger partial charge in [0.05, 0.1) is 11.0 Å². The van der Waals surface area contributed by atoms with Crippen molar-refractivity contribution < 1.29 is 0 Å². The van der Waals surface area contributed by atoms with Crippen molar-refractivity contribution >= 4 is 66.7 Å². The van der Waals surface area contributed by atoms with E-state index in [1.165, 1.54) is 82.3 Å². The fourth-order valence-corrected chi connectivity index (χ4v) is 15.3. The van der Waals surface area contributed by atoms with E-state index < -0.39 is 0 Å². The third-order valence-corrected chi connectivity index (χ3v) is 20.0. The molecule has 0 radical (unpaired) electrons. The molecule has 2 aliphatic rings. The smallest absolute Gasteiger partial charge is 0.252 e. The highest BCUT2D eigenvalue weighted by atomic mass is 15.1. The number of rotatable bonds is 9. The highest BCUT2D eigenvalue weighted by Gasteiger charge is 2.43. The highest BCUT2D eigenvalue weighted by molar-refractivity contribution is 7.00. The lowest BCUT2D eigenvalue weighted by atomic mass is 9.34. The predicted octanol–water partition coefficient (Wildman–Crippen LogP) is 20.8. The van der Waals surface area contributed by atoms with Gasteiger partial charge in [0, 0.05) is 60.6 Å². The van der Waals surface area contributed by atoms with Crippen molar-refractivity contribution in [2.75, 3.05) is 0 Å². The molecule has 16 aromatic rings. The topological polar surface area (TPSA) is 48.5 Å². The van der Waals surface area contributed by atoms with E-state index in [9.17, 15) is 0 Å². The summed E-state index contributed by atoms with van der Waals surface area (Å²) in [6, 6.07) is 107. The first-order valence-corrected chi connectivity index (χ1v) is 33.2. The molecule has 6 heteroatoms. The van der Waals surface area contributed by atoms with Crippen LogP contribution < -0.4 is 16.4 Å². The van der Waals surface area contributed by atoms with Crippen molar-refractivity contribution in [1.29, 1.82) is 0 Å². The Labute approximate surface area is 554 Å². The van der Waals surface area contributed by atoms with Crippen molar-refractivity contribution in [3.63, 3.8) is 0 Å². The second kappa shape index (κ2) is 21.6. The summed E-state index contributed by atoms with van der Waals surface area (Å²) in [6.45, 7) is 13.8. The van der Waals surface area contributed by atoms with Crippen LogP contribution in [0.1, 0.15) is 52.7 Å². The standard InChI is InChI=1S/C89H66BN5/c1-88(2,3)68-37-43-76-72(53-68)80-70(59-33-21-11-22-34-59)39-41-74-83(80)94(76)78-51-67(52-79-82(78)90(74)75-42-40-71(60-35-23-12-24-36-60)81-73-54-69(89(4,5)6)38-44-77(73)95(79)84(75)81)87-92-85(65-47-61(55-25-13-7-14-26-55)45-62(48-65)56-27-15-8-16-28-56)91-86(93-87)66-49-63(57-29-17-9-18-30-57)46-64(50-66)58-31-19-10-20-32-58/h7-54H,1-6H3. The summed E-state index contributed by atoms with van der Waals surface area (Å²) in [5.41, 5.74) is 29.5. The van der Waals surface area contributed by atoms with E-state index in [1.54, 1.807) is 0 Å². The van der Waals surface area contributed by atoms with E-state index >= 15 is 0 Å². The van der Waals surface area contributed by atoms with Crippen LogP contribution in [-0.4, -0.2) is 30.8 Å². The number of fused-ring (bicyclic) bond motifs is 10. The van der Waals surface area contributed by atoms with Crippen LogP contribution in [0.15, 0.2) is 291 Å². The fraction of sp³-hybridized carbons (Fsp3) is 0.0899. The SMILES string of the molecule is CC(C)(C)c1ccc2c(c1)c1c(-c3ccccc3)ccc3c1n2-c1cc(-c2nc(-c4cc(-c5ccccc5)cc(-c5ccccc5)c4)nc(-c4cc(-c5ccccc5)cc(-c5ccccc5)c4)n2)cc2c1B3c1ccc(-c3ccccc3)c3c4cc(C(C)(C)C)ccc4n-2c13. The van der Waals surface area contributed by atoms with Gasteiger partial charge in [0.25, 0.3) is 6.71 Å². The second-order valence-electron chi connectivity index (χ2n) is 27.9. The summed E-state index contributed by atoms with van der Waals surface area (Å²) in [4.78, 5) is 17.3. The van der Waals surface area contributed by atoms with Gasteiger partial charge >= 0.3 is 0 Å². The van der Waals surface area contributed by atoms with Gasteiger partial charge in [-0.25, -0.2) is 15.0 Å². The van der Waals surface area contributed by atoms with E-state index in [4.69, 9.17) is 15.0 Å². The molecular formula is C89H66BN5. The lowest BCUT2D eigenvalue weighted by Gasteiger charge is -2.34. The Bertz CT molecular complexity index is 5300.